The summed E-state index contributed by atoms with van der Waals surface area (Å²) in [7, 11) is 0. The average Bonchev–Trinajstić information content (AvgIpc) is 2.79. The molecule has 0 radical (unpaired) electrons. The second-order valence-corrected chi connectivity index (χ2v) is 5.60. The van der Waals surface area contributed by atoms with E-state index >= 15 is 0 Å². The summed E-state index contributed by atoms with van der Waals surface area (Å²) in [5, 5.41) is 14.1. The summed E-state index contributed by atoms with van der Waals surface area (Å²) in [6, 6.07) is 6.87. The minimum atomic E-state index is -0.340. The molecule has 1 aromatic carbocycles. The molecule has 0 atom stereocenters. The lowest BCUT2D eigenvalue weighted by Gasteiger charge is -2.16. The van der Waals surface area contributed by atoms with Crippen LogP contribution in [-0.2, 0) is 0 Å². The summed E-state index contributed by atoms with van der Waals surface area (Å²) in [6.45, 7) is 0. The van der Waals surface area contributed by atoms with E-state index in [0.717, 1.165) is 12.8 Å². The van der Waals surface area contributed by atoms with Crippen molar-refractivity contribution in [2.45, 2.75) is 44.6 Å². The Kier molecular flexibility index (Phi) is 4.78. The van der Waals surface area contributed by atoms with E-state index in [2.05, 4.69) is 25.8 Å². The first-order valence-corrected chi connectivity index (χ1v) is 7.79. The molecule has 2 aromatic rings. The van der Waals surface area contributed by atoms with Gasteiger partial charge in [0.15, 0.2) is 5.82 Å². The van der Waals surface area contributed by atoms with Crippen LogP contribution in [0.4, 0.5) is 21.8 Å². The van der Waals surface area contributed by atoms with Crippen molar-refractivity contribution in [3.8, 4) is 0 Å². The van der Waals surface area contributed by atoms with Gasteiger partial charge < -0.3 is 10.6 Å². The molecule has 0 saturated heterocycles. The largest absolute Gasteiger partial charge is 0.366 e. The number of anilines is 3. The lowest BCUT2D eigenvalue weighted by atomic mass is 10.1. The minimum Gasteiger partial charge on any atom is -0.366 e. The van der Waals surface area contributed by atoms with E-state index in [1.54, 1.807) is 24.4 Å². The third-order valence-electron chi connectivity index (χ3n) is 3.89. The van der Waals surface area contributed by atoms with Gasteiger partial charge in [-0.1, -0.05) is 37.8 Å². The van der Waals surface area contributed by atoms with Gasteiger partial charge in [-0.2, -0.15) is 10.1 Å². The van der Waals surface area contributed by atoms with E-state index in [-0.39, 0.29) is 5.82 Å². The summed E-state index contributed by atoms with van der Waals surface area (Å²) in [5.41, 5.74) is 0.343. The van der Waals surface area contributed by atoms with Gasteiger partial charge in [0.1, 0.15) is 5.82 Å². The highest BCUT2D eigenvalue weighted by Gasteiger charge is 2.13. The second kappa shape index (κ2) is 7.15. The third-order valence-corrected chi connectivity index (χ3v) is 3.89. The molecule has 1 heterocycles. The quantitative estimate of drug-likeness (QED) is 0.839. The molecule has 22 heavy (non-hydrogen) atoms. The van der Waals surface area contributed by atoms with Crippen molar-refractivity contribution in [2.75, 3.05) is 10.6 Å². The number of hydrogen-bond donors (Lipinski definition) is 2. The van der Waals surface area contributed by atoms with Gasteiger partial charge in [0.05, 0.1) is 11.9 Å². The Morgan fingerprint density at radius 1 is 1.05 bits per heavy atom. The Labute approximate surface area is 129 Å². The predicted molar refractivity (Wildman–Crippen MR) is 84.6 cm³/mol. The molecule has 0 spiro atoms. The maximum absolute atomic E-state index is 13.6. The summed E-state index contributed by atoms with van der Waals surface area (Å²) in [5.74, 6) is 0.637. The van der Waals surface area contributed by atoms with Crippen LogP contribution in [-0.4, -0.2) is 21.2 Å². The van der Waals surface area contributed by atoms with Gasteiger partial charge in [0.25, 0.3) is 0 Å². The zero-order chi connectivity index (χ0) is 15.2. The van der Waals surface area contributed by atoms with Crippen molar-refractivity contribution in [3.05, 3.63) is 36.3 Å². The normalized spacial score (nSPS) is 16.0. The number of nitrogens with zero attached hydrogens (tertiary/aromatic N) is 3. The number of para-hydroxylation sites is 1. The van der Waals surface area contributed by atoms with Crippen LogP contribution < -0.4 is 10.6 Å². The highest BCUT2D eigenvalue weighted by atomic mass is 19.1. The van der Waals surface area contributed by atoms with Crippen molar-refractivity contribution in [1.82, 2.24) is 15.2 Å². The number of hydrogen-bond acceptors (Lipinski definition) is 5. The van der Waals surface area contributed by atoms with Crippen LogP contribution in [0.3, 0.4) is 0 Å². The Balaban J connectivity index is 1.68. The van der Waals surface area contributed by atoms with Gasteiger partial charge in [0.2, 0.25) is 5.95 Å². The van der Waals surface area contributed by atoms with Gasteiger partial charge >= 0.3 is 0 Å². The summed E-state index contributed by atoms with van der Waals surface area (Å²) >= 11 is 0. The molecule has 1 fully saturated rings. The number of nitrogens with one attached hydrogen (secondary N) is 2. The fourth-order valence-corrected chi connectivity index (χ4v) is 2.74. The third kappa shape index (κ3) is 3.90. The molecule has 0 bridgehead atoms. The summed E-state index contributed by atoms with van der Waals surface area (Å²) in [6.07, 6.45) is 9.02. The molecule has 1 saturated carbocycles. The number of rotatable bonds is 4. The number of halogens is 1. The lowest BCUT2D eigenvalue weighted by Crippen LogP contribution is -2.19. The molecule has 0 aliphatic heterocycles. The van der Waals surface area contributed by atoms with E-state index < -0.39 is 0 Å². The molecular weight excluding hydrogens is 281 g/mol. The Morgan fingerprint density at radius 3 is 2.59 bits per heavy atom. The first-order valence-electron chi connectivity index (χ1n) is 7.79. The Hall–Kier alpha value is -2.24. The zero-order valence-corrected chi connectivity index (χ0v) is 12.4. The zero-order valence-electron chi connectivity index (χ0n) is 12.4. The van der Waals surface area contributed by atoms with Gasteiger partial charge in [0, 0.05) is 6.04 Å². The minimum absolute atomic E-state index is 0.295. The van der Waals surface area contributed by atoms with Crippen molar-refractivity contribution in [2.24, 2.45) is 0 Å². The topological polar surface area (TPSA) is 62.7 Å². The number of aromatic nitrogens is 3. The van der Waals surface area contributed by atoms with Crippen LogP contribution in [0.1, 0.15) is 38.5 Å². The second-order valence-electron chi connectivity index (χ2n) is 5.60. The van der Waals surface area contributed by atoms with Crippen LogP contribution in [0.2, 0.25) is 0 Å². The molecule has 0 amide bonds. The molecule has 2 N–H and O–H groups in total. The smallest absolute Gasteiger partial charge is 0.249 e. The van der Waals surface area contributed by atoms with Crippen molar-refractivity contribution in [3.63, 3.8) is 0 Å². The Morgan fingerprint density at radius 2 is 1.82 bits per heavy atom. The van der Waals surface area contributed by atoms with Gasteiger partial charge in [-0.05, 0) is 25.0 Å². The maximum Gasteiger partial charge on any atom is 0.249 e. The average molecular weight is 301 g/mol. The molecule has 5 nitrogen and oxygen atoms in total. The highest BCUT2D eigenvalue weighted by Crippen LogP contribution is 2.21. The van der Waals surface area contributed by atoms with E-state index in [9.17, 15) is 4.39 Å². The van der Waals surface area contributed by atoms with Crippen molar-refractivity contribution in [1.29, 1.82) is 0 Å². The van der Waals surface area contributed by atoms with E-state index in [1.165, 1.54) is 31.7 Å². The predicted octanol–water partition coefficient (Wildman–Crippen LogP) is 3.89. The van der Waals surface area contributed by atoms with Crippen LogP contribution in [0.25, 0.3) is 0 Å². The Bertz CT molecular complexity index is 611. The van der Waals surface area contributed by atoms with Gasteiger partial charge in [-0.15, -0.1) is 5.10 Å². The van der Waals surface area contributed by atoms with Crippen LogP contribution >= 0.6 is 0 Å². The lowest BCUT2D eigenvalue weighted by molar-refractivity contribution is 0.616. The van der Waals surface area contributed by atoms with Crippen LogP contribution in [0.5, 0.6) is 0 Å². The SMILES string of the molecule is Fc1ccccc1Nc1nncc(NC2CCCCCC2)n1. The molecule has 1 aliphatic carbocycles. The fourth-order valence-electron chi connectivity index (χ4n) is 2.74. The summed E-state index contributed by atoms with van der Waals surface area (Å²) in [4.78, 5) is 4.37. The monoisotopic (exact) mass is 301 g/mol. The maximum atomic E-state index is 13.6. The molecule has 116 valence electrons. The number of benzene rings is 1. The van der Waals surface area contributed by atoms with Crippen molar-refractivity contribution >= 4 is 17.5 Å². The fraction of sp³-hybridized carbons (Fsp3) is 0.438. The van der Waals surface area contributed by atoms with Crippen molar-refractivity contribution < 1.29 is 4.39 Å². The molecule has 3 rings (SSSR count). The van der Waals surface area contributed by atoms with Gasteiger partial charge in [-0.25, -0.2) is 4.39 Å². The molecule has 1 aliphatic rings. The van der Waals surface area contributed by atoms with Gasteiger partial charge in [-0.3, -0.25) is 0 Å². The van der Waals surface area contributed by atoms with E-state index in [4.69, 9.17) is 0 Å². The first-order chi connectivity index (χ1) is 10.8. The molecular formula is C16H20FN5. The van der Waals surface area contributed by atoms with Crippen LogP contribution in [0, 0.1) is 5.82 Å². The highest BCUT2D eigenvalue weighted by molar-refractivity contribution is 5.54. The molecule has 6 heteroatoms. The first kappa shape index (κ1) is 14.7. The van der Waals surface area contributed by atoms with E-state index in [1.807, 2.05) is 0 Å². The summed E-state index contributed by atoms with van der Waals surface area (Å²) < 4.78 is 13.6. The van der Waals surface area contributed by atoms with E-state index in [0.29, 0.717) is 23.5 Å². The standard InChI is InChI=1S/C16H20FN5/c17-13-9-5-6-10-14(13)20-16-21-15(11-18-22-16)19-12-7-3-1-2-4-8-12/h5-6,9-12H,1-4,7-8H2,(H2,19,20,21,22). The van der Waals surface area contributed by atoms with Crippen LogP contribution in [0.15, 0.2) is 30.5 Å². The molecule has 0 unspecified atom stereocenters. The molecule has 1 aromatic heterocycles.